The summed E-state index contributed by atoms with van der Waals surface area (Å²) in [5, 5.41) is 4.88. The summed E-state index contributed by atoms with van der Waals surface area (Å²) in [4.78, 5) is 32.3. The Kier molecular flexibility index (Phi) is 4.44. The highest BCUT2D eigenvalue weighted by Gasteiger charge is 2.23. The molecule has 0 aliphatic heterocycles. The molecule has 0 spiro atoms. The number of hydrogen-bond donors (Lipinski definition) is 1. The minimum Gasteiger partial charge on any atom is -0.271 e. The lowest BCUT2D eigenvalue weighted by Gasteiger charge is -2.12. The normalized spacial score (nSPS) is 13.8. The van der Waals surface area contributed by atoms with Crippen molar-refractivity contribution in [2.24, 2.45) is 0 Å². The number of fused-ring (bicyclic) bond motifs is 3. The summed E-state index contributed by atoms with van der Waals surface area (Å²) in [7, 11) is 0. The van der Waals surface area contributed by atoms with Gasteiger partial charge in [-0.05, 0) is 61.0 Å². The number of halogens is 1. The molecular formula is C17H18BrN5O2S. The molecule has 0 saturated heterocycles. The predicted molar refractivity (Wildman–Crippen MR) is 105 cm³/mol. The second kappa shape index (κ2) is 6.62. The van der Waals surface area contributed by atoms with Gasteiger partial charge in [0.1, 0.15) is 10.7 Å². The van der Waals surface area contributed by atoms with Crippen molar-refractivity contribution in [1.29, 1.82) is 0 Å². The molecule has 4 rings (SSSR count). The zero-order valence-corrected chi connectivity index (χ0v) is 16.9. The van der Waals surface area contributed by atoms with Gasteiger partial charge in [-0.25, -0.2) is 9.66 Å². The highest BCUT2D eigenvalue weighted by atomic mass is 79.9. The lowest BCUT2D eigenvalue weighted by Crippen LogP contribution is -2.36. The number of rotatable bonds is 3. The van der Waals surface area contributed by atoms with Crippen LogP contribution in [0.15, 0.2) is 15.5 Å². The van der Waals surface area contributed by atoms with E-state index in [2.05, 4.69) is 31.4 Å². The number of aryl methyl sites for hydroxylation is 4. The summed E-state index contributed by atoms with van der Waals surface area (Å²) in [6.07, 6.45) is 5.87. The Morgan fingerprint density at radius 3 is 2.88 bits per heavy atom. The van der Waals surface area contributed by atoms with E-state index in [1.807, 2.05) is 6.92 Å². The van der Waals surface area contributed by atoms with E-state index in [0.717, 1.165) is 36.1 Å². The first-order valence-electron chi connectivity index (χ1n) is 8.57. The highest BCUT2D eigenvalue weighted by molar-refractivity contribution is 9.10. The first-order chi connectivity index (χ1) is 12.5. The lowest BCUT2D eigenvalue weighted by molar-refractivity contribution is 0.1000. The molecule has 1 N–H and O–H groups in total. The summed E-state index contributed by atoms with van der Waals surface area (Å²) >= 11 is 4.95. The van der Waals surface area contributed by atoms with E-state index in [1.165, 1.54) is 9.55 Å². The Hall–Kier alpha value is -2.00. The fraction of sp³-hybridized carbons (Fsp3) is 0.412. The van der Waals surface area contributed by atoms with Crippen LogP contribution < -0.4 is 11.0 Å². The average Bonchev–Trinajstić information content (AvgIpc) is 3.18. The van der Waals surface area contributed by atoms with Crippen LogP contribution in [-0.2, 0) is 19.4 Å². The van der Waals surface area contributed by atoms with Gasteiger partial charge >= 0.3 is 0 Å². The van der Waals surface area contributed by atoms with E-state index in [0.29, 0.717) is 22.2 Å². The molecule has 1 aliphatic rings. The van der Waals surface area contributed by atoms with Gasteiger partial charge in [-0.2, -0.15) is 5.10 Å². The molecule has 0 saturated carbocycles. The van der Waals surface area contributed by atoms with Crippen LogP contribution in [0.2, 0.25) is 0 Å². The Morgan fingerprint density at radius 2 is 2.15 bits per heavy atom. The molecule has 3 aromatic heterocycles. The van der Waals surface area contributed by atoms with Crippen LogP contribution in [0.4, 0.5) is 0 Å². The van der Waals surface area contributed by atoms with E-state index in [9.17, 15) is 9.59 Å². The van der Waals surface area contributed by atoms with Crippen molar-refractivity contribution in [3.63, 3.8) is 0 Å². The number of carbonyl (C=O) groups is 1. The third-order valence-corrected chi connectivity index (χ3v) is 6.39. The maximum atomic E-state index is 13.1. The van der Waals surface area contributed by atoms with Crippen LogP contribution in [0.25, 0.3) is 10.2 Å². The van der Waals surface area contributed by atoms with Crippen LogP contribution in [-0.4, -0.2) is 25.3 Å². The molecular weight excluding hydrogens is 418 g/mol. The van der Waals surface area contributed by atoms with Crippen LogP contribution in [0, 0.1) is 6.92 Å². The van der Waals surface area contributed by atoms with Gasteiger partial charge in [0, 0.05) is 17.6 Å². The monoisotopic (exact) mass is 435 g/mol. The van der Waals surface area contributed by atoms with Crippen LogP contribution in [0.3, 0.4) is 0 Å². The Morgan fingerprint density at radius 1 is 1.38 bits per heavy atom. The molecule has 0 atom stereocenters. The molecule has 0 unspecified atom stereocenters. The molecule has 136 valence electrons. The maximum Gasteiger partial charge on any atom is 0.291 e. The van der Waals surface area contributed by atoms with E-state index >= 15 is 0 Å². The zero-order valence-electron chi connectivity index (χ0n) is 14.5. The highest BCUT2D eigenvalue weighted by Crippen LogP contribution is 2.33. The lowest BCUT2D eigenvalue weighted by atomic mass is 9.97. The molecule has 7 nitrogen and oxygen atoms in total. The fourth-order valence-electron chi connectivity index (χ4n) is 3.31. The van der Waals surface area contributed by atoms with E-state index in [-0.39, 0.29) is 11.3 Å². The molecule has 3 heterocycles. The average molecular weight is 436 g/mol. The Balaban J connectivity index is 1.77. The van der Waals surface area contributed by atoms with Crippen molar-refractivity contribution < 1.29 is 4.79 Å². The topological polar surface area (TPSA) is 81.8 Å². The minimum atomic E-state index is -0.445. The van der Waals surface area contributed by atoms with Crippen molar-refractivity contribution >= 4 is 43.4 Å². The van der Waals surface area contributed by atoms with Gasteiger partial charge in [-0.1, -0.05) is 0 Å². The van der Waals surface area contributed by atoms with Crippen LogP contribution in [0.1, 0.15) is 46.5 Å². The van der Waals surface area contributed by atoms with Gasteiger partial charge in [0.2, 0.25) is 0 Å². The van der Waals surface area contributed by atoms with E-state index < -0.39 is 5.91 Å². The minimum absolute atomic E-state index is 0.216. The number of hydrogen-bond acceptors (Lipinski definition) is 5. The molecule has 1 amide bonds. The summed E-state index contributed by atoms with van der Waals surface area (Å²) in [6, 6.07) is 0. The number of aromatic nitrogens is 4. The smallest absolute Gasteiger partial charge is 0.271 e. The van der Waals surface area contributed by atoms with Crippen molar-refractivity contribution in [3.8, 4) is 0 Å². The van der Waals surface area contributed by atoms with E-state index in [1.54, 1.807) is 29.1 Å². The maximum absolute atomic E-state index is 13.1. The van der Waals surface area contributed by atoms with Crippen LogP contribution in [0.5, 0.6) is 0 Å². The molecule has 1 aliphatic carbocycles. The molecule has 0 aromatic carbocycles. The number of carbonyl (C=O) groups excluding carboxylic acids is 1. The quantitative estimate of drug-likeness (QED) is 0.685. The fourth-order valence-corrected chi connectivity index (χ4v) is 5.10. The van der Waals surface area contributed by atoms with E-state index in [4.69, 9.17) is 0 Å². The Bertz CT molecular complexity index is 1080. The summed E-state index contributed by atoms with van der Waals surface area (Å²) in [5.74, 6) is 0.0139. The summed E-state index contributed by atoms with van der Waals surface area (Å²) in [5.41, 5.74) is 3.79. The standard InChI is InChI=1S/C17H18BrN5O2S/c1-3-22-8-11(18)14(20-22)15(24)21-23-9(2)19-16-13(17(23)25)10-6-4-5-7-12(10)26-16/h8H,3-7H2,1-2H3,(H,21,24). The molecule has 26 heavy (non-hydrogen) atoms. The van der Waals surface area contributed by atoms with Gasteiger partial charge in [0.15, 0.2) is 5.69 Å². The zero-order chi connectivity index (χ0) is 18.4. The number of amides is 1. The molecule has 9 heteroatoms. The second-order valence-electron chi connectivity index (χ2n) is 6.31. The first kappa shape index (κ1) is 17.4. The SMILES string of the molecule is CCn1cc(Br)c(C(=O)Nn2c(C)nc3sc4c(c3c2=O)CCCC4)n1. The van der Waals surface area contributed by atoms with Gasteiger partial charge in [-0.3, -0.25) is 19.7 Å². The van der Waals surface area contributed by atoms with Crippen molar-refractivity contribution in [1.82, 2.24) is 19.4 Å². The summed E-state index contributed by atoms with van der Waals surface area (Å²) < 4.78 is 3.49. The van der Waals surface area contributed by atoms with Gasteiger partial charge in [0.05, 0.1) is 9.86 Å². The van der Waals surface area contributed by atoms with Crippen LogP contribution >= 0.6 is 27.3 Å². The number of nitrogens with one attached hydrogen (secondary N) is 1. The number of nitrogens with zero attached hydrogens (tertiary/aromatic N) is 4. The number of thiophene rings is 1. The first-order valence-corrected chi connectivity index (χ1v) is 10.2. The molecule has 0 bridgehead atoms. The third kappa shape index (κ3) is 2.79. The molecule has 3 aromatic rings. The summed E-state index contributed by atoms with van der Waals surface area (Å²) in [6.45, 7) is 4.31. The second-order valence-corrected chi connectivity index (χ2v) is 8.25. The largest absolute Gasteiger partial charge is 0.291 e. The molecule has 0 fully saturated rings. The van der Waals surface area contributed by atoms with Gasteiger partial charge < -0.3 is 0 Å². The van der Waals surface area contributed by atoms with Crippen molar-refractivity contribution in [2.45, 2.75) is 46.1 Å². The van der Waals surface area contributed by atoms with Gasteiger partial charge in [-0.15, -0.1) is 11.3 Å². The van der Waals surface area contributed by atoms with Crippen molar-refractivity contribution in [2.75, 3.05) is 5.43 Å². The van der Waals surface area contributed by atoms with Gasteiger partial charge in [0.25, 0.3) is 11.5 Å². The molecule has 0 radical (unpaired) electrons. The third-order valence-electron chi connectivity index (χ3n) is 4.63. The van der Waals surface area contributed by atoms with Crippen molar-refractivity contribution in [3.05, 3.63) is 43.0 Å². The Labute approximate surface area is 162 Å². The predicted octanol–water partition coefficient (Wildman–Crippen LogP) is 3.01.